The molecule has 0 spiro atoms. The number of methoxy groups -OCH3 is 1. The molecule has 3 nitrogen and oxygen atoms in total. The fourth-order valence-electron chi connectivity index (χ4n) is 2.35. The molecule has 0 aliphatic heterocycles. The molecule has 0 bridgehead atoms. The van der Waals surface area contributed by atoms with Crippen molar-refractivity contribution < 1.29 is 4.74 Å². The van der Waals surface area contributed by atoms with Crippen molar-refractivity contribution in [2.24, 2.45) is 5.73 Å². The second-order valence-electron chi connectivity index (χ2n) is 5.07. The molecule has 3 rings (SSSR count). The Balaban J connectivity index is 1.66. The van der Waals surface area contributed by atoms with Crippen LogP contribution in [0.15, 0.2) is 48.0 Å². The highest BCUT2D eigenvalue weighted by molar-refractivity contribution is 7.17. The summed E-state index contributed by atoms with van der Waals surface area (Å²) in [6, 6.07) is 12.4. The number of aryl methyl sites for hydroxylation is 1. The lowest BCUT2D eigenvalue weighted by molar-refractivity contribution is 0.414. The fraction of sp³-hybridized carbons (Fsp3) is 0.235. The Kier molecular flexibility index (Phi) is 4.18. The number of nitrogens with two attached hydrogens (primary N) is 1. The van der Waals surface area contributed by atoms with Crippen molar-refractivity contribution in [2.45, 2.75) is 18.9 Å². The Morgan fingerprint density at radius 1 is 1.24 bits per heavy atom. The lowest BCUT2D eigenvalue weighted by Gasteiger charge is -2.12. The summed E-state index contributed by atoms with van der Waals surface area (Å²) in [5.74, 6) is 0.885. The van der Waals surface area contributed by atoms with Crippen LogP contribution in [-0.4, -0.2) is 12.1 Å². The third-order valence-electron chi connectivity index (χ3n) is 3.66. The van der Waals surface area contributed by atoms with Crippen LogP contribution in [0.4, 0.5) is 0 Å². The van der Waals surface area contributed by atoms with Crippen molar-refractivity contribution in [1.82, 2.24) is 4.98 Å². The molecule has 0 saturated carbocycles. The minimum atomic E-state index is 0.0195. The second-order valence-corrected chi connectivity index (χ2v) is 6.01. The molecule has 21 heavy (non-hydrogen) atoms. The highest BCUT2D eigenvalue weighted by Gasteiger charge is 2.08. The third kappa shape index (κ3) is 3.23. The number of pyridine rings is 1. The molecule has 1 aromatic carbocycles. The first-order valence-electron chi connectivity index (χ1n) is 6.98. The summed E-state index contributed by atoms with van der Waals surface area (Å²) in [6.07, 6.45) is 3.76. The maximum Gasteiger partial charge on any atom is 0.118 e. The Labute approximate surface area is 128 Å². The van der Waals surface area contributed by atoms with Crippen LogP contribution in [0.1, 0.15) is 23.6 Å². The van der Waals surface area contributed by atoms with Gasteiger partial charge in [0.1, 0.15) is 5.75 Å². The van der Waals surface area contributed by atoms with Crippen molar-refractivity contribution in [2.75, 3.05) is 7.11 Å². The van der Waals surface area contributed by atoms with Gasteiger partial charge in [0.15, 0.2) is 0 Å². The minimum Gasteiger partial charge on any atom is -0.497 e. The molecule has 0 aliphatic carbocycles. The SMILES string of the molecule is COc1ccc(CCC(N)c2cnc3ccsc3c2)cc1. The molecule has 2 aromatic heterocycles. The molecule has 108 valence electrons. The van der Waals surface area contributed by atoms with Gasteiger partial charge >= 0.3 is 0 Å². The number of nitrogens with zero attached hydrogens (tertiary/aromatic N) is 1. The summed E-state index contributed by atoms with van der Waals surface area (Å²) in [7, 11) is 1.68. The number of thiophene rings is 1. The van der Waals surface area contributed by atoms with Gasteiger partial charge in [0.05, 0.1) is 17.3 Å². The molecule has 4 heteroatoms. The molecule has 1 atom stereocenters. The molecule has 0 aliphatic rings. The predicted octanol–water partition coefficient (Wildman–Crippen LogP) is 3.94. The standard InChI is InChI=1S/C17H18N2OS/c1-20-14-5-2-12(3-6-14)4-7-15(18)13-10-17-16(19-11-13)8-9-21-17/h2-3,5-6,8-11,15H,4,7,18H2,1H3. The van der Waals surface area contributed by atoms with E-state index in [1.54, 1.807) is 18.4 Å². The van der Waals surface area contributed by atoms with Gasteiger partial charge in [0, 0.05) is 12.2 Å². The number of hydrogen-bond donors (Lipinski definition) is 1. The average Bonchev–Trinajstić information content (AvgIpc) is 3.00. The van der Waals surface area contributed by atoms with Gasteiger partial charge in [-0.25, -0.2) is 0 Å². The smallest absolute Gasteiger partial charge is 0.118 e. The zero-order chi connectivity index (χ0) is 14.7. The van der Waals surface area contributed by atoms with E-state index in [1.165, 1.54) is 10.3 Å². The number of ether oxygens (including phenoxy) is 1. The number of benzene rings is 1. The van der Waals surface area contributed by atoms with Crippen molar-refractivity contribution in [3.8, 4) is 5.75 Å². The Morgan fingerprint density at radius 2 is 2.05 bits per heavy atom. The highest BCUT2D eigenvalue weighted by Crippen LogP contribution is 2.24. The van der Waals surface area contributed by atoms with Gasteiger partial charge in [-0.15, -0.1) is 11.3 Å². The zero-order valence-electron chi connectivity index (χ0n) is 12.0. The van der Waals surface area contributed by atoms with Crippen LogP contribution >= 0.6 is 11.3 Å². The summed E-state index contributed by atoms with van der Waals surface area (Å²) in [5, 5.41) is 2.06. The highest BCUT2D eigenvalue weighted by atomic mass is 32.1. The predicted molar refractivity (Wildman–Crippen MR) is 87.9 cm³/mol. The van der Waals surface area contributed by atoms with Crippen LogP contribution in [-0.2, 0) is 6.42 Å². The zero-order valence-corrected chi connectivity index (χ0v) is 12.8. The van der Waals surface area contributed by atoms with E-state index in [9.17, 15) is 0 Å². The minimum absolute atomic E-state index is 0.0195. The summed E-state index contributed by atoms with van der Waals surface area (Å²) in [5.41, 5.74) is 9.73. The molecule has 0 fully saturated rings. The van der Waals surface area contributed by atoms with Gasteiger partial charge < -0.3 is 10.5 Å². The summed E-state index contributed by atoms with van der Waals surface area (Å²) < 4.78 is 6.37. The molecular formula is C17H18N2OS. The summed E-state index contributed by atoms with van der Waals surface area (Å²) in [4.78, 5) is 4.45. The van der Waals surface area contributed by atoms with Gasteiger partial charge in [0.25, 0.3) is 0 Å². The number of rotatable bonds is 5. The molecule has 1 unspecified atom stereocenters. The van der Waals surface area contributed by atoms with Gasteiger partial charge in [-0.05, 0) is 53.6 Å². The Morgan fingerprint density at radius 3 is 2.81 bits per heavy atom. The normalized spacial score (nSPS) is 12.5. The molecule has 0 radical (unpaired) electrons. The maximum absolute atomic E-state index is 6.30. The Bertz CT molecular complexity index is 721. The monoisotopic (exact) mass is 298 g/mol. The second kappa shape index (κ2) is 6.24. The van der Waals surface area contributed by atoms with E-state index in [0.29, 0.717) is 0 Å². The van der Waals surface area contributed by atoms with Crippen molar-refractivity contribution in [3.05, 3.63) is 59.1 Å². The molecule has 2 heterocycles. The first-order chi connectivity index (χ1) is 10.3. The van der Waals surface area contributed by atoms with Crippen LogP contribution in [0.2, 0.25) is 0 Å². The van der Waals surface area contributed by atoms with Crippen LogP contribution in [0.5, 0.6) is 5.75 Å². The number of hydrogen-bond acceptors (Lipinski definition) is 4. The summed E-state index contributed by atoms with van der Waals surface area (Å²) in [6.45, 7) is 0. The van der Waals surface area contributed by atoms with Gasteiger partial charge in [-0.1, -0.05) is 12.1 Å². The van der Waals surface area contributed by atoms with Gasteiger partial charge in [-0.2, -0.15) is 0 Å². The van der Waals surface area contributed by atoms with Crippen molar-refractivity contribution >= 4 is 21.6 Å². The molecule has 2 N–H and O–H groups in total. The maximum atomic E-state index is 6.30. The molecule has 0 amide bonds. The van der Waals surface area contributed by atoms with E-state index >= 15 is 0 Å². The van der Waals surface area contributed by atoms with E-state index in [1.807, 2.05) is 24.4 Å². The largest absolute Gasteiger partial charge is 0.497 e. The van der Waals surface area contributed by atoms with E-state index in [4.69, 9.17) is 10.5 Å². The molecule has 0 saturated heterocycles. The first-order valence-corrected chi connectivity index (χ1v) is 7.86. The quantitative estimate of drug-likeness (QED) is 0.776. The van der Waals surface area contributed by atoms with E-state index in [0.717, 1.165) is 29.7 Å². The molecule has 3 aromatic rings. The number of fused-ring (bicyclic) bond motifs is 1. The van der Waals surface area contributed by atoms with E-state index < -0.39 is 0 Å². The third-order valence-corrected chi connectivity index (χ3v) is 4.51. The van der Waals surface area contributed by atoms with Gasteiger partial charge in [0.2, 0.25) is 0 Å². The van der Waals surface area contributed by atoms with Crippen LogP contribution in [0.25, 0.3) is 10.2 Å². The summed E-state index contributed by atoms with van der Waals surface area (Å²) >= 11 is 1.71. The van der Waals surface area contributed by atoms with Crippen molar-refractivity contribution in [3.63, 3.8) is 0 Å². The van der Waals surface area contributed by atoms with E-state index in [2.05, 4.69) is 28.6 Å². The average molecular weight is 298 g/mol. The fourth-order valence-corrected chi connectivity index (χ4v) is 3.13. The van der Waals surface area contributed by atoms with Crippen LogP contribution in [0.3, 0.4) is 0 Å². The first kappa shape index (κ1) is 14.0. The van der Waals surface area contributed by atoms with Crippen molar-refractivity contribution in [1.29, 1.82) is 0 Å². The lowest BCUT2D eigenvalue weighted by atomic mass is 10.0. The van der Waals surface area contributed by atoms with Gasteiger partial charge in [-0.3, -0.25) is 4.98 Å². The van der Waals surface area contributed by atoms with Crippen LogP contribution < -0.4 is 10.5 Å². The lowest BCUT2D eigenvalue weighted by Crippen LogP contribution is -2.11. The number of aromatic nitrogens is 1. The topological polar surface area (TPSA) is 48.1 Å². The van der Waals surface area contributed by atoms with E-state index in [-0.39, 0.29) is 6.04 Å². The Hall–Kier alpha value is -1.91. The van der Waals surface area contributed by atoms with Crippen LogP contribution in [0, 0.1) is 0 Å². The molecular weight excluding hydrogens is 280 g/mol.